The van der Waals surface area contributed by atoms with Crippen LogP contribution in [0.2, 0.25) is 10.0 Å². The van der Waals surface area contributed by atoms with Gasteiger partial charge in [-0.1, -0.05) is 43.0 Å². The minimum Gasteiger partial charge on any atom is -0.322 e. The Balaban J connectivity index is 3.07. The zero-order chi connectivity index (χ0) is 12.3. The van der Waals surface area contributed by atoms with E-state index in [9.17, 15) is 4.39 Å². The Morgan fingerprint density at radius 3 is 2.50 bits per heavy atom. The van der Waals surface area contributed by atoms with Gasteiger partial charge in [-0.25, -0.2) is 4.39 Å². The van der Waals surface area contributed by atoms with Crippen LogP contribution < -0.4 is 5.73 Å². The molecule has 4 heteroatoms. The Kier molecular flexibility index (Phi) is 4.60. The molecule has 90 valence electrons. The van der Waals surface area contributed by atoms with Crippen LogP contribution >= 0.6 is 23.2 Å². The van der Waals surface area contributed by atoms with Gasteiger partial charge in [-0.2, -0.15) is 0 Å². The van der Waals surface area contributed by atoms with E-state index in [4.69, 9.17) is 28.9 Å². The van der Waals surface area contributed by atoms with Gasteiger partial charge in [-0.05, 0) is 31.0 Å². The molecule has 0 fully saturated rings. The van der Waals surface area contributed by atoms with E-state index in [1.165, 1.54) is 12.1 Å². The molecule has 0 bridgehead atoms. The lowest BCUT2D eigenvalue weighted by molar-refractivity contribution is 0.431. The third-order valence-corrected chi connectivity index (χ3v) is 3.28. The molecule has 0 aliphatic heterocycles. The van der Waals surface area contributed by atoms with Gasteiger partial charge < -0.3 is 5.73 Å². The minimum absolute atomic E-state index is 0.0278. The third kappa shape index (κ3) is 3.09. The Morgan fingerprint density at radius 2 is 1.94 bits per heavy atom. The summed E-state index contributed by atoms with van der Waals surface area (Å²) >= 11 is 11.7. The maximum absolute atomic E-state index is 13.4. The molecule has 1 aromatic rings. The summed E-state index contributed by atoms with van der Waals surface area (Å²) in [6.07, 6.45) is 2.79. The summed E-state index contributed by atoms with van der Waals surface area (Å²) < 4.78 is 13.4. The van der Waals surface area contributed by atoms with Crippen LogP contribution in [-0.2, 0) is 5.54 Å². The van der Waals surface area contributed by atoms with Gasteiger partial charge in [-0.15, -0.1) is 0 Å². The van der Waals surface area contributed by atoms with Gasteiger partial charge in [0.05, 0.1) is 5.02 Å². The van der Waals surface area contributed by atoms with Crippen LogP contribution in [0.4, 0.5) is 4.39 Å². The lowest BCUT2D eigenvalue weighted by atomic mass is 9.88. The number of hydrogen-bond donors (Lipinski definition) is 1. The molecule has 1 rings (SSSR count). The van der Waals surface area contributed by atoms with Crippen molar-refractivity contribution in [3.63, 3.8) is 0 Å². The van der Waals surface area contributed by atoms with Gasteiger partial charge in [0.15, 0.2) is 0 Å². The summed E-state index contributed by atoms with van der Waals surface area (Å²) in [7, 11) is 0. The molecule has 0 aromatic heterocycles. The molecule has 0 heterocycles. The number of rotatable bonds is 4. The molecular weight excluding hydrogens is 248 g/mol. The van der Waals surface area contributed by atoms with Crippen molar-refractivity contribution in [1.82, 2.24) is 0 Å². The third-order valence-electron chi connectivity index (χ3n) is 2.67. The second kappa shape index (κ2) is 5.35. The van der Waals surface area contributed by atoms with Gasteiger partial charge in [0.25, 0.3) is 0 Å². The van der Waals surface area contributed by atoms with Crippen LogP contribution in [0, 0.1) is 5.82 Å². The van der Waals surface area contributed by atoms with E-state index in [2.05, 4.69) is 6.92 Å². The maximum atomic E-state index is 13.4. The van der Waals surface area contributed by atoms with Crippen LogP contribution in [0.5, 0.6) is 0 Å². The summed E-state index contributed by atoms with van der Waals surface area (Å²) in [6.45, 7) is 3.94. The molecule has 1 aromatic carbocycles. The highest BCUT2D eigenvalue weighted by Gasteiger charge is 2.24. The van der Waals surface area contributed by atoms with Crippen molar-refractivity contribution in [3.8, 4) is 0 Å². The standard InChI is InChI=1S/C12H16Cl2FN/c1-3-4-5-12(2,16)8-6-11(15)10(14)7-9(8)13/h6-7H,3-5,16H2,1-2H3. The average molecular weight is 264 g/mol. The highest BCUT2D eigenvalue weighted by Crippen LogP contribution is 2.33. The number of benzene rings is 1. The monoisotopic (exact) mass is 263 g/mol. The molecule has 0 radical (unpaired) electrons. The predicted molar refractivity (Wildman–Crippen MR) is 67.5 cm³/mol. The molecule has 0 saturated carbocycles. The summed E-state index contributed by atoms with van der Waals surface area (Å²) in [6, 6.07) is 2.74. The molecule has 1 nitrogen and oxygen atoms in total. The van der Waals surface area contributed by atoms with Gasteiger partial charge in [0.2, 0.25) is 0 Å². The molecule has 16 heavy (non-hydrogen) atoms. The quantitative estimate of drug-likeness (QED) is 0.796. The second-order valence-electron chi connectivity index (χ2n) is 4.27. The molecule has 1 atom stereocenters. The van der Waals surface area contributed by atoms with Gasteiger partial charge in [0, 0.05) is 10.6 Å². The second-order valence-corrected chi connectivity index (χ2v) is 5.08. The van der Waals surface area contributed by atoms with Gasteiger partial charge in [0.1, 0.15) is 5.82 Å². The van der Waals surface area contributed by atoms with E-state index < -0.39 is 11.4 Å². The van der Waals surface area contributed by atoms with E-state index in [1.807, 2.05) is 6.92 Å². The van der Waals surface area contributed by atoms with Crippen LogP contribution in [0.1, 0.15) is 38.7 Å². The first-order valence-corrected chi connectivity index (χ1v) is 6.08. The van der Waals surface area contributed by atoms with E-state index in [-0.39, 0.29) is 5.02 Å². The van der Waals surface area contributed by atoms with Gasteiger partial charge >= 0.3 is 0 Å². The Bertz CT molecular complexity index is 378. The summed E-state index contributed by atoms with van der Waals surface area (Å²) in [5.41, 5.74) is 6.15. The number of halogens is 3. The summed E-state index contributed by atoms with van der Waals surface area (Å²) in [4.78, 5) is 0. The van der Waals surface area contributed by atoms with Crippen molar-refractivity contribution in [2.24, 2.45) is 5.73 Å². The van der Waals surface area contributed by atoms with Crippen molar-refractivity contribution in [2.45, 2.75) is 38.6 Å². The Hall–Kier alpha value is -0.310. The number of unbranched alkanes of at least 4 members (excludes halogenated alkanes) is 1. The summed E-state index contributed by atoms with van der Waals surface area (Å²) in [5, 5.41) is 0.451. The van der Waals surface area contributed by atoms with Crippen molar-refractivity contribution < 1.29 is 4.39 Å². The van der Waals surface area contributed by atoms with Crippen LogP contribution in [0.15, 0.2) is 12.1 Å². The molecule has 1 unspecified atom stereocenters. The minimum atomic E-state index is -0.613. The SMILES string of the molecule is CCCCC(C)(N)c1cc(F)c(Cl)cc1Cl. The smallest absolute Gasteiger partial charge is 0.142 e. The lowest BCUT2D eigenvalue weighted by Gasteiger charge is -2.26. The fourth-order valence-electron chi connectivity index (χ4n) is 1.64. The van der Waals surface area contributed by atoms with Crippen molar-refractivity contribution in [1.29, 1.82) is 0 Å². The Labute approximate surface area is 106 Å². The highest BCUT2D eigenvalue weighted by molar-refractivity contribution is 6.35. The lowest BCUT2D eigenvalue weighted by Crippen LogP contribution is -2.33. The van der Waals surface area contributed by atoms with E-state index in [0.717, 1.165) is 19.3 Å². The zero-order valence-corrected chi connectivity index (χ0v) is 11.0. The first-order chi connectivity index (χ1) is 7.38. The zero-order valence-electron chi connectivity index (χ0n) is 9.49. The summed E-state index contributed by atoms with van der Waals surface area (Å²) in [5.74, 6) is -0.478. The van der Waals surface area contributed by atoms with E-state index in [0.29, 0.717) is 10.6 Å². The normalized spacial score (nSPS) is 14.9. The number of nitrogens with two attached hydrogens (primary N) is 1. The maximum Gasteiger partial charge on any atom is 0.142 e. The molecular formula is C12H16Cl2FN. The van der Waals surface area contributed by atoms with Crippen molar-refractivity contribution >= 4 is 23.2 Å². The van der Waals surface area contributed by atoms with Crippen LogP contribution in [0.25, 0.3) is 0 Å². The first kappa shape index (κ1) is 13.8. The topological polar surface area (TPSA) is 26.0 Å². The van der Waals surface area contributed by atoms with E-state index >= 15 is 0 Å². The van der Waals surface area contributed by atoms with Gasteiger partial charge in [-0.3, -0.25) is 0 Å². The fraction of sp³-hybridized carbons (Fsp3) is 0.500. The Morgan fingerprint density at radius 1 is 1.31 bits per heavy atom. The molecule has 0 amide bonds. The molecule has 0 spiro atoms. The molecule has 0 saturated heterocycles. The van der Waals surface area contributed by atoms with Crippen molar-refractivity contribution in [2.75, 3.05) is 0 Å². The van der Waals surface area contributed by atoms with Crippen molar-refractivity contribution in [3.05, 3.63) is 33.6 Å². The largest absolute Gasteiger partial charge is 0.322 e. The predicted octanol–water partition coefficient (Wildman–Crippen LogP) is 4.50. The molecule has 2 N–H and O–H groups in total. The molecule has 0 aliphatic rings. The highest BCUT2D eigenvalue weighted by atomic mass is 35.5. The number of hydrogen-bond acceptors (Lipinski definition) is 1. The fourth-order valence-corrected chi connectivity index (χ4v) is 2.24. The first-order valence-electron chi connectivity index (χ1n) is 5.32. The molecule has 0 aliphatic carbocycles. The average Bonchev–Trinajstić information content (AvgIpc) is 2.20. The van der Waals surface area contributed by atoms with Crippen LogP contribution in [0.3, 0.4) is 0 Å². The van der Waals surface area contributed by atoms with E-state index in [1.54, 1.807) is 0 Å². The van der Waals surface area contributed by atoms with Crippen LogP contribution in [-0.4, -0.2) is 0 Å².